The highest BCUT2D eigenvalue weighted by atomic mass is 28.2. The van der Waals surface area contributed by atoms with E-state index < -0.39 is 0 Å². The molecule has 3 heteroatoms. The van der Waals surface area contributed by atoms with Gasteiger partial charge in [0.05, 0.1) is 9.52 Å². The molecule has 0 saturated heterocycles. The molecule has 0 radical (unpaired) electrons. The molecule has 0 aromatic rings. The molecule has 0 N–H and O–H groups in total. The minimum absolute atomic E-state index is 0.0169. The second-order valence-corrected chi connectivity index (χ2v) is 4.26. The van der Waals surface area contributed by atoms with Crippen molar-refractivity contribution in [2.45, 2.75) is 6.55 Å². The van der Waals surface area contributed by atoms with Crippen LogP contribution >= 0.6 is 0 Å². The zero-order valence-corrected chi connectivity index (χ0v) is 9.09. The van der Waals surface area contributed by atoms with Crippen molar-refractivity contribution in [2.75, 3.05) is 28.2 Å². The zero-order valence-electron chi connectivity index (χ0n) is 7.68. The Kier molecular flexibility index (Phi) is 4.19. The molecular formula is C7H18N2Si. The number of rotatable bonds is 3. The summed E-state index contributed by atoms with van der Waals surface area (Å²) < 4.78 is 0. The van der Waals surface area contributed by atoms with Crippen LogP contribution in [0.25, 0.3) is 0 Å². The van der Waals surface area contributed by atoms with Gasteiger partial charge in [0.1, 0.15) is 0 Å². The van der Waals surface area contributed by atoms with Gasteiger partial charge in [0.2, 0.25) is 0 Å². The molecule has 0 aromatic heterocycles. The second kappa shape index (κ2) is 4.38. The molecule has 0 aliphatic heterocycles. The second-order valence-electron chi connectivity index (χ2n) is 2.83. The largest absolute Gasteiger partial charge is 0.384 e. The van der Waals surface area contributed by atoms with E-state index in [1.807, 2.05) is 0 Å². The third-order valence-electron chi connectivity index (χ3n) is 1.34. The smallest absolute Gasteiger partial charge is 0.0741 e. The molecule has 0 fully saturated rings. The van der Waals surface area contributed by atoms with Gasteiger partial charge in [0.15, 0.2) is 0 Å². The minimum atomic E-state index is -0.0169. The summed E-state index contributed by atoms with van der Waals surface area (Å²) in [5.41, 5.74) is 0. The molecule has 0 saturated carbocycles. The summed E-state index contributed by atoms with van der Waals surface area (Å²) in [5, 5.41) is 1.49. The molecule has 0 aliphatic rings. The molecule has 10 heavy (non-hydrogen) atoms. The summed E-state index contributed by atoms with van der Waals surface area (Å²) in [5.74, 6) is 0. The van der Waals surface area contributed by atoms with E-state index in [0.717, 1.165) is 0 Å². The summed E-state index contributed by atoms with van der Waals surface area (Å²) in [4.78, 5) is 4.30. The van der Waals surface area contributed by atoms with Gasteiger partial charge in [0.25, 0.3) is 0 Å². The van der Waals surface area contributed by atoms with Gasteiger partial charge in [0, 0.05) is 39.7 Å². The average Bonchev–Trinajstić information content (AvgIpc) is 1.81. The fourth-order valence-corrected chi connectivity index (χ4v) is 2.00. The van der Waals surface area contributed by atoms with Crippen LogP contribution < -0.4 is 0 Å². The van der Waals surface area contributed by atoms with Crippen LogP contribution in [0.3, 0.4) is 0 Å². The van der Waals surface area contributed by atoms with Crippen molar-refractivity contribution in [3.63, 3.8) is 0 Å². The van der Waals surface area contributed by atoms with Gasteiger partial charge in [-0.15, -0.1) is 0 Å². The Bertz CT molecular complexity index is 119. The molecule has 0 spiro atoms. The van der Waals surface area contributed by atoms with E-state index in [-0.39, 0.29) is 9.52 Å². The van der Waals surface area contributed by atoms with Crippen molar-refractivity contribution in [2.24, 2.45) is 0 Å². The molecule has 60 valence electrons. The van der Waals surface area contributed by atoms with Crippen LogP contribution in [-0.2, 0) is 0 Å². The predicted octanol–water partition coefficient (Wildman–Crippen LogP) is 0.125. The van der Waals surface area contributed by atoms with E-state index in [4.69, 9.17) is 0 Å². The highest BCUT2D eigenvalue weighted by molar-refractivity contribution is 6.43. The third-order valence-corrected chi connectivity index (χ3v) is 2.88. The fraction of sp³-hybridized carbons (Fsp3) is 0.714. The summed E-state index contributed by atoms with van der Waals surface area (Å²) in [6.45, 7) is 2.30. The van der Waals surface area contributed by atoms with Gasteiger partial charge in [-0.1, -0.05) is 6.55 Å². The van der Waals surface area contributed by atoms with E-state index in [2.05, 4.69) is 50.7 Å². The van der Waals surface area contributed by atoms with Gasteiger partial charge in [-0.2, -0.15) is 0 Å². The van der Waals surface area contributed by atoms with Crippen LogP contribution in [0, 0.1) is 0 Å². The molecule has 0 amide bonds. The Balaban J connectivity index is 4.04. The summed E-state index contributed by atoms with van der Waals surface area (Å²) in [7, 11) is 8.32. The van der Waals surface area contributed by atoms with Gasteiger partial charge in [-0.3, -0.25) is 0 Å². The third kappa shape index (κ3) is 3.56. The lowest BCUT2D eigenvalue weighted by molar-refractivity contribution is 0.498. The maximum atomic E-state index is 2.30. The molecule has 0 atom stereocenters. The highest BCUT2D eigenvalue weighted by Crippen LogP contribution is 1.95. The molecule has 2 nitrogen and oxygen atoms in total. The van der Waals surface area contributed by atoms with Crippen LogP contribution in [0.2, 0.25) is 6.55 Å². The van der Waals surface area contributed by atoms with Crippen molar-refractivity contribution in [1.29, 1.82) is 0 Å². The standard InChI is InChI=1S/C7H18N2Si/c1-8(2)6-7(10-5)9(3)4/h6H,10H2,1-5H3. The predicted molar refractivity (Wildman–Crippen MR) is 49.9 cm³/mol. The van der Waals surface area contributed by atoms with Crippen molar-refractivity contribution in [1.82, 2.24) is 9.80 Å². The quantitative estimate of drug-likeness (QED) is 0.539. The molecule has 0 aliphatic carbocycles. The fourth-order valence-electron chi connectivity index (χ4n) is 0.821. The lowest BCUT2D eigenvalue weighted by atomic mass is 10.7. The van der Waals surface area contributed by atoms with Crippen LogP contribution in [0.1, 0.15) is 0 Å². The molecule has 0 aromatic carbocycles. The normalized spacial score (nSPS) is 12.7. The highest BCUT2D eigenvalue weighted by Gasteiger charge is 1.95. The van der Waals surface area contributed by atoms with Gasteiger partial charge in [-0.25, -0.2) is 0 Å². The van der Waals surface area contributed by atoms with Crippen LogP contribution in [-0.4, -0.2) is 47.5 Å². The maximum absolute atomic E-state index is 2.30. The van der Waals surface area contributed by atoms with E-state index in [1.165, 1.54) is 5.32 Å². The maximum Gasteiger partial charge on any atom is 0.0741 e. The van der Waals surface area contributed by atoms with E-state index in [1.54, 1.807) is 0 Å². The van der Waals surface area contributed by atoms with Crippen molar-refractivity contribution < 1.29 is 0 Å². The van der Waals surface area contributed by atoms with Gasteiger partial charge < -0.3 is 9.80 Å². The number of hydrogen-bond donors (Lipinski definition) is 0. The SMILES string of the molecule is C[SiH2]C(=CN(C)C)N(C)C. The molecule has 0 bridgehead atoms. The van der Waals surface area contributed by atoms with Crippen molar-refractivity contribution >= 4 is 9.52 Å². The first-order valence-electron chi connectivity index (χ1n) is 3.62. The summed E-state index contributed by atoms with van der Waals surface area (Å²) in [6.07, 6.45) is 2.20. The Morgan fingerprint density at radius 3 is 1.80 bits per heavy atom. The minimum Gasteiger partial charge on any atom is -0.384 e. The number of nitrogens with zero attached hydrogens (tertiary/aromatic N) is 2. The lowest BCUT2D eigenvalue weighted by Gasteiger charge is -2.18. The van der Waals surface area contributed by atoms with E-state index in [0.29, 0.717) is 0 Å². The summed E-state index contributed by atoms with van der Waals surface area (Å²) >= 11 is 0. The van der Waals surface area contributed by atoms with Crippen molar-refractivity contribution in [3.05, 3.63) is 11.5 Å². The lowest BCUT2D eigenvalue weighted by Crippen LogP contribution is -2.18. The van der Waals surface area contributed by atoms with Crippen molar-refractivity contribution in [3.8, 4) is 0 Å². The first-order chi connectivity index (χ1) is 4.57. The van der Waals surface area contributed by atoms with Crippen LogP contribution in [0.15, 0.2) is 11.5 Å². The van der Waals surface area contributed by atoms with E-state index >= 15 is 0 Å². The summed E-state index contributed by atoms with van der Waals surface area (Å²) in [6, 6.07) is 0. The topological polar surface area (TPSA) is 6.48 Å². The average molecular weight is 158 g/mol. The first kappa shape index (κ1) is 9.56. The van der Waals surface area contributed by atoms with E-state index in [9.17, 15) is 0 Å². The Hall–Kier alpha value is -0.443. The molecule has 0 heterocycles. The Morgan fingerprint density at radius 2 is 1.70 bits per heavy atom. The zero-order chi connectivity index (χ0) is 8.15. The Labute approximate surface area is 66.3 Å². The molecule has 0 rings (SSSR count). The van der Waals surface area contributed by atoms with Crippen LogP contribution in [0.4, 0.5) is 0 Å². The number of hydrogen-bond acceptors (Lipinski definition) is 2. The molecule has 0 unspecified atom stereocenters. The monoisotopic (exact) mass is 158 g/mol. The first-order valence-corrected chi connectivity index (χ1v) is 5.74. The van der Waals surface area contributed by atoms with Gasteiger partial charge in [-0.05, 0) is 0 Å². The Morgan fingerprint density at radius 1 is 1.20 bits per heavy atom. The van der Waals surface area contributed by atoms with Gasteiger partial charge >= 0.3 is 0 Å². The molecular weight excluding hydrogens is 140 g/mol. The van der Waals surface area contributed by atoms with Crippen LogP contribution in [0.5, 0.6) is 0 Å².